The highest BCUT2D eigenvalue weighted by atomic mass is 32.2. The largest absolute Gasteiger partial charge is 0.376 e. The van der Waals surface area contributed by atoms with Crippen LogP contribution in [0.15, 0.2) is 9.72 Å². The predicted molar refractivity (Wildman–Crippen MR) is 83.8 cm³/mol. The molecule has 3 rings (SSSR count). The average Bonchev–Trinajstić information content (AvgIpc) is 3.16. The van der Waals surface area contributed by atoms with Gasteiger partial charge >= 0.3 is 0 Å². The van der Waals surface area contributed by atoms with Crippen molar-refractivity contribution in [1.82, 2.24) is 15.2 Å². The van der Waals surface area contributed by atoms with E-state index in [9.17, 15) is 0 Å². The van der Waals surface area contributed by atoms with Crippen LogP contribution < -0.4 is 5.32 Å². The summed E-state index contributed by atoms with van der Waals surface area (Å²) in [7, 11) is 0. The second-order valence-corrected chi connectivity index (χ2v) is 7.80. The van der Waals surface area contributed by atoms with Gasteiger partial charge in [0.1, 0.15) is 0 Å². The van der Waals surface area contributed by atoms with Gasteiger partial charge in [-0.05, 0) is 19.8 Å². The first-order chi connectivity index (χ1) is 9.79. The Labute approximate surface area is 130 Å². The smallest absolute Gasteiger partial charge is 0.206 e. The van der Waals surface area contributed by atoms with Crippen LogP contribution in [0.25, 0.3) is 0 Å². The topological polar surface area (TPSA) is 59.9 Å². The SMILES string of the molecule is Cc1nc(CSc2nnc(NCC3CCCO3)s2)cs1. The molecule has 0 spiro atoms. The molecule has 0 aromatic carbocycles. The minimum atomic E-state index is 0.327. The third-order valence-corrected chi connectivity index (χ3v) is 5.79. The van der Waals surface area contributed by atoms with Crippen molar-refractivity contribution in [3.05, 3.63) is 16.1 Å². The zero-order valence-corrected chi connectivity index (χ0v) is 13.6. The fraction of sp³-hybridized carbons (Fsp3) is 0.583. The summed E-state index contributed by atoms with van der Waals surface area (Å²) in [5.74, 6) is 0.852. The van der Waals surface area contributed by atoms with E-state index in [1.807, 2.05) is 6.92 Å². The van der Waals surface area contributed by atoms with E-state index in [0.717, 1.165) is 51.9 Å². The van der Waals surface area contributed by atoms with Crippen LogP contribution in [0.5, 0.6) is 0 Å². The molecule has 0 amide bonds. The molecule has 1 N–H and O–H groups in total. The summed E-state index contributed by atoms with van der Waals surface area (Å²) in [6.45, 7) is 3.73. The van der Waals surface area contributed by atoms with Gasteiger partial charge in [0.05, 0.1) is 16.8 Å². The van der Waals surface area contributed by atoms with Crippen molar-refractivity contribution in [2.75, 3.05) is 18.5 Å². The van der Waals surface area contributed by atoms with E-state index in [4.69, 9.17) is 4.74 Å². The molecule has 0 aliphatic carbocycles. The number of anilines is 1. The number of hydrogen-bond acceptors (Lipinski definition) is 8. The number of nitrogens with one attached hydrogen (secondary N) is 1. The molecule has 0 saturated carbocycles. The summed E-state index contributed by atoms with van der Waals surface area (Å²) < 4.78 is 6.55. The highest BCUT2D eigenvalue weighted by molar-refractivity contribution is 8.00. The van der Waals surface area contributed by atoms with E-state index in [2.05, 4.69) is 25.9 Å². The molecule has 1 aliphatic heterocycles. The molecule has 0 radical (unpaired) electrons. The molecule has 3 heterocycles. The van der Waals surface area contributed by atoms with E-state index in [1.165, 1.54) is 0 Å². The standard InChI is InChI=1S/C12H16N4OS3/c1-8-14-9(6-18-8)7-19-12-16-15-11(20-12)13-5-10-3-2-4-17-10/h6,10H,2-5,7H2,1H3,(H,13,15). The lowest BCUT2D eigenvalue weighted by Crippen LogP contribution is -2.18. The summed E-state index contributed by atoms with van der Waals surface area (Å²) in [5, 5.41) is 15.7. The number of ether oxygens (including phenoxy) is 1. The fourth-order valence-corrected chi connectivity index (χ4v) is 4.33. The number of aryl methyl sites for hydroxylation is 1. The van der Waals surface area contributed by atoms with Gasteiger partial charge < -0.3 is 10.1 Å². The van der Waals surface area contributed by atoms with Crippen LogP contribution in [0.1, 0.15) is 23.5 Å². The summed E-state index contributed by atoms with van der Waals surface area (Å²) in [6.07, 6.45) is 2.63. The lowest BCUT2D eigenvalue weighted by Gasteiger charge is -2.08. The van der Waals surface area contributed by atoms with Crippen LogP contribution in [0.4, 0.5) is 5.13 Å². The zero-order valence-electron chi connectivity index (χ0n) is 11.2. The Bertz CT molecular complexity index is 550. The maximum atomic E-state index is 5.57. The van der Waals surface area contributed by atoms with Crippen molar-refractivity contribution < 1.29 is 4.74 Å². The lowest BCUT2D eigenvalue weighted by molar-refractivity contribution is 0.120. The summed E-state index contributed by atoms with van der Waals surface area (Å²) in [4.78, 5) is 4.44. The Kier molecular flexibility index (Phi) is 4.87. The number of hydrogen-bond donors (Lipinski definition) is 1. The minimum Gasteiger partial charge on any atom is -0.376 e. The van der Waals surface area contributed by atoms with Gasteiger partial charge in [0, 0.05) is 24.3 Å². The Morgan fingerprint density at radius 3 is 3.20 bits per heavy atom. The molecule has 2 aromatic heterocycles. The highest BCUT2D eigenvalue weighted by Gasteiger charge is 2.15. The van der Waals surface area contributed by atoms with Gasteiger partial charge in [0.15, 0.2) is 4.34 Å². The van der Waals surface area contributed by atoms with Gasteiger partial charge in [-0.1, -0.05) is 23.1 Å². The first-order valence-corrected chi connectivity index (χ1v) is 9.20. The van der Waals surface area contributed by atoms with Crippen LogP contribution in [0, 0.1) is 6.92 Å². The third-order valence-electron chi connectivity index (χ3n) is 2.92. The van der Waals surface area contributed by atoms with Crippen molar-refractivity contribution in [1.29, 1.82) is 0 Å². The summed E-state index contributed by atoms with van der Waals surface area (Å²) in [6, 6.07) is 0. The molecular formula is C12H16N4OS3. The van der Waals surface area contributed by atoms with Crippen molar-refractivity contribution in [2.45, 2.75) is 36.0 Å². The molecule has 8 heteroatoms. The molecule has 0 bridgehead atoms. The zero-order chi connectivity index (χ0) is 13.8. The minimum absolute atomic E-state index is 0.327. The second kappa shape index (κ2) is 6.84. The van der Waals surface area contributed by atoms with E-state index in [-0.39, 0.29) is 0 Å². The molecule has 1 unspecified atom stereocenters. The summed E-state index contributed by atoms with van der Waals surface area (Å²) >= 11 is 4.96. The fourth-order valence-electron chi connectivity index (χ4n) is 1.96. The number of thiazole rings is 1. The van der Waals surface area contributed by atoms with Crippen molar-refractivity contribution >= 4 is 39.6 Å². The second-order valence-electron chi connectivity index (χ2n) is 4.54. The normalized spacial score (nSPS) is 18.6. The first-order valence-electron chi connectivity index (χ1n) is 6.52. The molecule has 1 aliphatic rings. The first kappa shape index (κ1) is 14.2. The van der Waals surface area contributed by atoms with E-state index >= 15 is 0 Å². The van der Waals surface area contributed by atoms with Gasteiger partial charge in [-0.2, -0.15) is 0 Å². The maximum Gasteiger partial charge on any atom is 0.206 e. The average molecular weight is 328 g/mol. The van der Waals surface area contributed by atoms with Crippen LogP contribution in [-0.2, 0) is 10.5 Å². The van der Waals surface area contributed by atoms with Gasteiger partial charge in [-0.3, -0.25) is 0 Å². The number of rotatable bonds is 6. The Hall–Kier alpha value is -0.700. The van der Waals surface area contributed by atoms with Crippen molar-refractivity contribution in [3.63, 3.8) is 0 Å². The van der Waals surface area contributed by atoms with E-state index < -0.39 is 0 Å². The third kappa shape index (κ3) is 3.91. The van der Waals surface area contributed by atoms with E-state index in [0.29, 0.717) is 6.10 Å². The summed E-state index contributed by atoms with van der Waals surface area (Å²) in [5.41, 5.74) is 1.11. The van der Waals surface area contributed by atoms with Gasteiger partial charge in [0.2, 0.25) is 5.13 Å². The Morgan fingerprint density at radius 1 is 1.50 bits per heavy atom. The monoisotopic (exact) mass is 328 g/mol. The van der Waals surface area contributed by atoms with Crippen molar-refractivity contribution in [3.8, 4) is 0 Å². The number of thioether (sulfide) groups is 1. The predicted octanol–water partition coefficient (Wildman–Crippen LogP) is 3.19. The van der Waals surface area contributed by atoms with Gasteiger partial charge in [-0.25, -0.2) is 4.98 Å². The number of aromatic nitrogens is 3. The quantitative estimate of drug-likeness (QED) is 0.822. The number of nitrogens with zero attached hydrogens (tertiary/aromatic N) is 3. The lowest BCUT2D eigenvalue weighted by atomic mass is 10.2. The Balaban J connectivity index is 1.46. The molecule has 1 fully saturated rings. The maximum absolute atomic E-state index is 5.57. The van der Waals surface area contributed by atoms with Gasteiger partial charge in [-0.15, -0.1) is 21.5 Å². The molecule has 1 saturated heterocycles. The highest BCUT2D eigenvalue weighted by Crippen LogP contribution is 2.28. The Morgan fingerprint density at radius 2 is 2.45 bits per heavy atom. The molecule has 2 aromatic rings. The molecular weight excluding hydrogens is 312 g/mol. The van der Waals surface area contributed by atoms with Crippen LogP contribution in [0.3, 0.4) is 0 Å². The molecule has 1 atom stereocenters. The molecule has 5 nitrogen and oxygen atoms in total. The molecule has 20 heavy (non-hydrogen) atoms. The van der Waals surface area contributed by atoms with Crippen LogP contribution >= 0.6 is 34.4 Å². The van der Waals surface area contributed by atoms with Crippen molar-refractivity contribution in [2.24, 2.45) is 0 Å². The molecule has 108 valence electrons. The van der Waals surface area contributed by atoms with Crippen LogP contribution in [-0.4, -0.2) is 34.4 Å². The van der Waals surface area contributed by atoms with Gasteiger partial charge in [0.25, 0.3) is 0 Å². The van der Waals surface area contributed by atoms with E-state index in [1.54, 1.807) is 34.4 Å². The van der Waals surface area contributed by atoms with Crippen LogP contribution in [0.2, 0.25) is 0 Å².